The maximum Gasteiger partial charge on any atom is 0.234 e. The van der Waals surface area contributed by atoms with Gasteiger partial charge in [-0.15, -0.1) is 0 Å². The Labute approximate surface area is 106 Å². The molecule has 0 bridgehead atoms. The Morgan fingerprint density at radius 2 is 2.18 bits per heavy atom. The topological polar surface area (TPSA) is 64.9 Å². The number of rotatable bonds is 6. The summed E-state index contributed by atoms with van der Waals surface area (Å²) in [4.78, 5) is 11.3. The molecule has 0 aromatic heterocycles. The van der Waals surface area contributed by atoms with Crippen LogP contribution in [0.25, 0.3) is 0 Å². The molecule has 0 unspecified atom stereocenters. The van der Waals surface area contributed by atoms with Crippen molar-refractivity contribution in [2.75, 3.05) is 13.1 Å². The number of amides is 1. The van der Waals surface area contributed by atoms with Crippen LogP contribution in [0.1, 0.15) is 12.0 Å². The van der Waals surface area contributed by atoms with Gasteiger partial charge in [-0.25, -0.2) is 0 Å². The first-order valence-electron chi connectivity index (χ1n) is 5.32. The number of nitrogens with one attached hydrogen (secondary N) is 2. The molecule has 0 aliphatic heterocycles. The minimum Gasteiger partial charge on any atom is -0.354 e. The number of nitriles is 1. The zero-order chi connectivity index (χ0) is 12.5. The number of carbonyl (C=O) groups excluding carboxylic acids is 1. The van der Waals surface area contributed by atoms with Crippen molar-refractivity contribution in [1.29, 1.82) is 5.26 Å². The van der Waals surface area contributed by atoms with Gasteiger partial charge in [0, 0.05) is 18.1 Å². The zero-order valence-electron chi connectivity index (χ0n) is 9.37. The Hall–Kier alpha value is -1.57. The molecular weight excluding hydrogens is 238 g/mol. The van der Waals surface area contributed by atoms with E-state index in [0.29, 0.717) is 24.5 Å². The molecule has 0 fully saturated rings. The number of hydrogen-bond acceptors (Lipinski definition) is 3. The van der Waals surface area contributed by atoms with E-state index in [4.69, 9.17) is 16.9 Å². The van der Waals surface area contributed by atoms with E-state index in [0.717, 1.165) is 5.56 Å². The van der Waals surface area contributed by atoms with Crippen molar-refractivity contribution < 1.29 is 4.79 Å². The summed E-state index contributed by atoms with van der Waals surface area (Å²) in [6.45, 7) is 1.16. The highest BCUT2D eigenvalue weighted by molar-refractivity contribution is 6.31. The quantitative estimate of drug-likeness (QED) is 0.753. The molecular formula is C12H14ClN3O. The molecule has 0 saturated carbocycles. The lowest BCUT2D eigenvalue weighted by Crippen LogP contribution is -2.34. The second-order valence-electron chi connectivity index (χ2n) is 3.45. The van der Waals surface area contributed by atoms with Crippen LogP contribution in [-0.2, 0) is 11.3 Å². The lowest BCUT2D eigenvalue weighted by Gasteiger charge is -2.06. The Balaban J connectivity index is 2.22. The zero-order valence-corrected chi connectivity index (χ0v) is 10.1. The van der Waals surface area contributed by atoms with Gasteiger partial charge in [-0.1, -0.05) is 29.8 Å². The van der Waals surface area contributed by atoms with Crippen molar-refractivity contribution in [3.8, 4) is 6.07 Å². The summed E-state index contributed by atoms with van der Waals surface area (Å²) >= 11 is 5.97. The van der Waals surface area contributed by atoms with Gasteiger partial charge in [0.15, 0.2) is 0 Å². The summed E-state index contributed by atoms with van der Waals surface area (Å²) in [7, 11) is 0. The highest BCUT2D eigenvalue weighted by Gasteiger charge is 2.01. The van der Waals surface area contributed by atoms with E-state index in [9.17, 15) is 4.79 Å². The van der Waals surface area contributed by atoms with Gasteiger partial charge in [0.1, 0.15) is 0 Å². The van der Waals surface area contributed by atoms with Gasteiger partial charge in [-0.05, 0) is 11.6 Å². The fourth-order valence-corrected chi connectivity index (χ4v) is 1.48. The standard InChI is InChI=1S/C12H14ClN3O/c13-11-5-2-1-4-10(11)8-15-9-12(17)16-7-3-6-14/h1-2,4-5,15H,3,7-9H2,(H,16,17). The summed E-state index contributed by atoms with van der Waals surface area (Å²) in [6, 6.07) is 9.44. The first-order chi connectivity index (χ1) is 8.24. The van der Waals surface area contributed by atoms with E-state index < -0.39 is 0 Å². The van der Waals surface area contributed by atoms with Crippen LogP contribution in [0.2, 0.25) is 5.02 Å². The number of benzene rings is 1. The molecule has 1 rings (SSSR count). The summed E-state index contributed by atoms with van der Waals surface area (Å²) in [5, 5.41) is 14.6. The van der Waals surface area contributed by atoms with Crippen LogP contribution in [-0.4, -0.2) is 19.0 Å². The lowest BCUT2D eigenvalue weighted by atomic mass is 10.2. The predicted molar refractivity (Wildman–Crippen MR) is 66.4 cm³/mol. The van der Waals surface area contributed by atoms with Gasteiger partial charge in [-0.2, -0.15) is 5.26 Å². The van der Waals surface area contributed by atoms with Crippen molar-refractivity contribution in [1.82, 2.24) is 10.6 Å². The molecule has 0 aliphatic rings. The van der Waals surface area contributed by atoms with Crippen molar-refractivity contribution >= 4 is 17.5 Å². The van der Waals surface area contributed by atoms with Crippen LogP contribution >= 0.6 is 11.6 Å². The van der Waals surface area contributed by atoms with Gasteiger partial charge >= 0.3 is 0 Å². The summed E-state index contributed by atoms with van der Waals surface area (Å²) < 4.78 is 0. The molecule has 4 nitrogen and oxygen atoms in total. The molecule has 1 amide bonds. The molecule has 1 aromatic carbocycles. The second kappa shape index (κ2) is 7.66. The molecule has 5 heteroatoms. The molecule has 0 radical (unpaired) electrons. The monoisotopic (exact) mass is 251 g/mol. The largest absolute Gasteiger partial charge is 0.354 e. The van der Waals surface area contributed by atoms with E-state index >= 15 is 0 Å². The van der Waals surface area contributed by atoms with Crippen LogP contribution < -0.4 is 10.6 Å². The van der Waals surface area contributed by atoms with Crippen LogP contribution in [0.4, 0.5) is 0 Å². The normalized spacial score (nSPS) is 9.65. The van der Waals surface area contributed by atoms with Crippen molar-refractivity contribution in [3.05, 3.63) is 34.9 Å². The van der Waals surface area contributed by atoms with Gasteiger partial charge in [-0.3, -0.25) is 4.79 Å². The molecule has 17 heavy (non-hydrogen) atoms. The van der Waals surface area contributed by atoms with Gasteiger partial charge in [0.05, 0.1) is 19.0 Å². The number of halogens is 1. The molecule has 90 valence electrons. The minimum absolute atomic E-state index is 0.118. The molecule has 2 N–H and O–H groups in total. The maximum atomic E-state index is 11.3. The predicted octanol–water partition coefficient (Wildman–Crippen LogP) is 1.46. The van der Waals surface area contributed by atoms with Crippen LogP contribution in [0.3, 0.4) is 0 Å². The Morgan fingerprint density at radius 1 is 1.41 bits per heavy atom. The number of hydrogen-bond donors (Lipinski definition) is 2. The molecule has 1 aromatic rings. The van der Waals surface area contributed by atoms with E-state index in [1.165, 1.54) is 0 Å². The first-order valence-corrected chi connectivity index (χ1v) is 5.69. The third-order valence-corrected chi connectivity index (χ3v) is 2.49. The fraction of sp³-hybridized carbons (Fsp3) is 0.333. The van der Waals surface area contributed by atoms with Crippen LogP contribution in [0, 0.1) is 11.3 Å². The van der Waals surface area contributed by atoms with E-state index in [2.05, 4.69) is 10.6 Å². The first kappa shape index (κ1) is 13.5. The Morgan fingerprint density at radius 3 is 2.88 bits per heavy atom. The lowest BCUT2D eigenvalue weighted by molar-refractivity contribution is -0.120. The molecule has 0 aliphatic carbocycles. The highest BCUT2D eigenvalue weighted by atomic mass is 35.5. The third kappa shape index (κ3) is 5.34. The number of carbonyl (C=O) groups is 1. The van der Waals surface area contributed by atoms with E-state index in [1.807, 2.05) is 30.3 Å². The highest BCUT2D eigenvalue weighted by Crippen LogP contribution is 2.13. The van der Waals surface area contributed by atoms with Crippen LogP contribution in [0.15, 0.2) is 24.3 Å². The maximum absolute atomic E-state index is 11.3. The van der Waals surface area contributed by atoms with E-state index in [-0.39, 0.29) is 12.5 Å². The van der Waals surface area contributed by atoms with Crippen LogP contribution in [0.5, 0.6) is 0 Å². The van der Waals surface area contributed by atoms with Gasteiger partial charge < -0.3 is 10.6 Å². The van der Waals surface area contributed by atoms with Crippen molar-refractivity contribution in [2.24, 2.45) is 0 Å². The summed E-state index contributed by atoms with van der Waals surface area (Å²) in [5.41, 5.74) is 0.957. The Kier molecular flexibility index (Phi) is 6.08. The van der Waals surface area contributed by atoms with Gasteiger partial charge in [0.25, 0.3) is 0 Å². The smallest absolute Gasteiger partial charge is 0.234 e. The molecule has 0 saturated heterocycles. The molecule has 0 spiro atoms. The second-order valence-corrected chi connectivity index (χ2v) is 3.86. The summed E-state index contributed by atoms with van der Waals surface area (Å²) in [6.07, 6.45) is 0.330. The summed E-state index contributed by atoms with van der Waals surface area (Å²) in [5.74, 6) is -0.118. The Bertz CT molecular complexity index is 414. The molecule has 0 heterocycles. The third-order valence-electron chi connectivity index (χ3n) is 2.12. The van der Waals surface area contributed by atoms with Gasteiger partial charge in [0.2, 0.25) is 5.91 Å². The fourth-order valence-electron chi connectivity index (χ4n) is 1.27. The van der Waals surface area contributed by atoms with Crippen molar-refractivity contribution in [2.45, 2.75) is 13.0 Å². The van der Waals surface area contributed by atoms with Crippen molar-refractivity contribution in [3.63, 3.8) is 0 Å². The minimum atomic E-state index is -0.118. The average Bonchev–Trinajstić information content (AvgIpc) is 2.32. The average molecular weight is 252 g/mol. The molecule has 0 atom stereocenters. The SMILES string of the molecule is N#CCCNC(=O)CNCc1ccccc1Cl. The number of nitrogens with zero attached hydrogens (tertiary/aromatic N) is 1. The van der Waals surface area contributed by atoms with E-state index in [1.54, 1.807) is 0 Å².